The molecule has 13 nitrogen and oxygen atoms in total. The fourth-order valence-electron chi connectivity index (χ4n) is 2.41. The molecule has 38 heavy (non-hydrogen) atoms. The number of hydroxylamine groups is 1. The van der Waals surface area contributed by atoms with E-state index in [2.05, 4.69) is 15.5 Å². The number of aliphatic carboxylic acids is 1. The van der Waals surface area contributed by atoms with Gasteiger partial charge in [0.15, 0.2) is 0 Å². The van der Waals surface area contributed by atoms with E-state index >= 15 is 0 Å². The Morgan fingerprint density at radius 1 is 1.21 bits per heavy atom. The molecular formula is C19H21Cl2F3N6O7S. The number of anilines is 1. The van der Waals surface area contributed by atoms with Crippen LogP contribution in [0.2, 0.25) is 10.0 Å². The van der Waals surface area contributed by atoms with Crippen LogP contribution >= 0.6 is 23.2 Å². The van der Waals surface area contributed by atoms with Crippen molar-refractivity contribution in [2.45, 2.75) is 24.5 Å². The third kappa shape index (κ3) is 10.1. The van der Waals surface area contributed by atoms with Gasteiger partial charge < -0.3 is 20.7 Å². The highest BCUT2D eigenvalue weighted by Crippen LogP contribution is 2.29. The summed E-state index contributed by atoms with van der Waals surface area (Å²) >= 11 is 11.8. The van der Waals surface area contributed by atoms with E-state index in [9.17, 15) is 31.2 Å². The van der Waals surface area contributed by atoms with Crippen LogP contribution in [0, 0.1) is 12.3 Å². The average molecular weight is 605 g/mol. The van der Waals surface area contributed by atoms with Crippen LogP contribution in [0.15, 0.2) is 40.0 Å². The lowest BCUT2D eigenvalue weighted by molar-refractivity contribution is -0.192. The molecule has 0 bridgehead atoms. The van der Waals surface area contributed by atoms with Crippen LogP contribution in [-0.2, 0) is 31.0 Å². The number of alkyl halides is 3. The molecule has 210 valence electrons. The number of carbonyl (C=O) groups is 2. The molecule has 2 rings (SSSR count). The SMILES string of the molecule is Cc1ccc(NS(=O)(=O)c2cccc(Cl)c2Cl)c(=O)n1CC(=O)NCCONC(=N)N.O=C(O)C(F)(F)F. The Bertz CT molecular complexity index is 1350. The maximum Gasteiger partial charge on any atom is 0.490 e. The van der Waals surface area contributed by atoms with Gasteiger partial charge >= 0.3 is 12.1 Å². The van der Waals surface area contributed by atoms with Gasteiger partial charge in [0.2, 0.25) is 11.9 Å². The Morgan fingerprint density at radius 2 is 1.82 bits per heavy atom. The molecule has 19 heteroatoms. The number of aromatic nitrogens is 1. The molecule has 0 unspecified atom stereocenters. The van der Waals surface area contributed by atoms with Crippen LogP contribution in [-0.4, -0.2) is 55.3 Å². The van der Waals surface area contributed by atoms with Crippen molar-refractivity contribution in [3.05, 3.63) is 56.4 Å². The molecule has 0 aliphatic heterocycles. The first-order valence-corrected chi connectivity index (χ1v) is 12.2. The fourth-order valence-corrected chi connectivity index (χ4v) is 4.23. The number of carboxylic acid groups (broad SMARTS) is 1. The summed E-state index contributed by atoms with van der Waals surface area (Å²) in [6.45, 7) is 1.37. The molecule has 1 aromatic heterocycles. The quantitative estimate of drug-likeness (QED) is 0.106. The Morgan fingerprint density at radius 3 is 2.37 bits per heavy atom. The molecular weight excluding hydrogens is 584 g/mol. The first-order chi connectivity index (χ1) is 17.5. The monoisotopic (exact) mass is 604 g/mol. The normalized spacial score (nSPS) is 11.1. The molecule has 0 spiro atoms. The highest BCUT2D eigenvalue weighted by atomic mass is 35.5. The van der Waals surface area contributed by atoms with E-state index < -0.39 is 33.6 Å². The lowest BCUT2D eigenvalue weighted by Gasteiger charge is -2.14. The van der Waals surface area contributed by atoms with Gasteiger partial charge in [-0.05, 0) is 31.2 Å². The maximum atomic E-state index is 12.8. The smallest absolute Gasteiger partial charge is 0.475 e. The van der Waals surface area contributed by atoms with E-state index in [1.165, 1.54) is 30.3 Å². The van der Waals surface area contributed by atoms with Crippen molar-refractivity contribution in [3.63, 3.8) is 0 Å². The zero-order valence-electron chi connectivity index (χ0n) is 19.2. The van der Waals surface area contributed by atoms with Crippen molar-refractivity contribution < 1.29 is 41.1 Å². The number of amides is 1. The second-order valence-electron chi connectivity index (χ2n) is 6.95. The van der Waals surface area contributed by atoms with Crippen LogP contribution in [0.25, 0.3) is 0 Å². The summed E-state index contributed by atoms with van der Waals surface area (Å²) in [5.74, 6) is -3.64. The van der Waals surface area contributed by atoms with Crippen LogP contribution in [0.1, 0.15) is 5.69 Å². The van der Waals surface area contributed by atoms with Gasteiger partial charge in [0.1, 0.15) is 17.1 Å². The highest BCUT2D eigenvalue weighted by molar-refractivity contribution is 7.92. The molecule has 1 heterocycles. The molecule has 0 saturated heterocycles. The number of rotatable bonds is 9. The fraction of sp³-hybridized carbons (Fsp3) is 0.263. The van der Waals surface area contributed by atoms with E-state index in [4.69, 9.17) is 49.1 Å². The lowest BCUT2D eigenvalue weighted by atomic mass is 10.3. The zero-order chi connectivity index (χ0) is 29.3. The first kappa shape index (κ1) is 32.5. The van der Waals surface area contributed by atoms with Gasteiger partial charge in [0.25, 0.3) is 15.6 Å². The van der Waals surface area contributed by atoms with E-state index in [0.717, 1.165) is 4.57 Å². The predicted molar refractivity (Wildman–Crippen MR) is 130 cm³/mol. The Labute approximate surface area is 223 Å². The summed E-state index contributed by atoms with van der Waals surface area (Å²) < 4.78 is 60.4. The lowest BCUT2D eigenvalue weighted by Crippen LogP contribution is -2.37. The number of nitrogens with one attached hydrogen (secondary N) is 4. The van der Waals surface area contributed by atoms with Crippen LogP contribution < -0.4 is 26.8 Å². The zero-order valence-corrected chi connectivity index (χ0v) is 21.6. The number of hydrogen-bond donors (Lipinski definition) is 6. The summed E-state index contributed by atoms with van der Waals surface area (Å²) in [7, 11) is -4.21. The molecule has 0 fully saturated rings. The van der Waals surface area contributed by atoms with E-state index in [1.54, 1.807) is 6.92 Å². The Kier molecular flexibility index (Phi) is 11.8. The van der Waals surface area contributed by atoms with E-state index in [-0.39, 0.29) is 46.3 Å². The van der Waals surface area contributed by atoms with Crippen molar-refractivity contribution in [3.8, 4) is 0 Å². The number of sulfonamides is 1. The molecule has 2 aromatic rings. The maximum absolute atomic E-state index is 12.8. The Hall–Kier alpha value is -3.54. The molecule has 0 saturated carbocycles. The largest absolute Gasteiger partial charge is 0.490 e. The van der Waals surface area contributed by atoms with Gasteiger partial charge in [-0.2, -0.15) is 13.2 Å². The van der Waals surface area contributed by atoms with Crippen molar-refractivity contribution in [2.75, 3.05) is 17.9 Å². The number of hydrogen-bond acceptors (Lipinski definition) is 7. The number of guanidine groups is 1. The van der Waals surface area contributed by atoms with Crippen molar-refractivity contribution >= 4 is 56.7 Å². The van der Waals surface area contributed by atoms with Gasteiger partial charge in [0.05, 0.1) is 16.7 Å². The minimum atomic E-state index is -5.08. The van der Waals surface area contributed by atoms with Crippen molar-refractivity contribution in [1.29, 1.82) is 5.41 Å². The van der Waals surface area contributed by atoms with Gasteiger partial charge in [-0.15, -0.1) is 0 Å². The minimum absolute atomic E-state index is 0.0272. The Balaban J connectivity index is 0.000000905. The summed E-state index contributed by atoms with van der Waals surface area (Å²) in [5, 5.41) is 16.4. The van der Waals surface area contributed by atoms with Crippen molar-refractivity contribution in [2.24, 2.45) is 5.73 Å². The van der Waals surface area contributed by atoms with Gasteiger partial charge in [-0.1, -0.05) is 29.3 Å². The molecule has 1 aromatic carbocycles. The standard InChI is InChI=1S/C17H20Cl2N6O5S.C2HF3O2/c1-10-5-6-12(24-31(28,29)13-4-2-3-11(18)15(13)19)16(27)25(10)9-14(26)22-7-8-30-23-17(20)21;3-2(4,5)1(6)7/h2-6,24H,7-9H2,1H3,(H,22,26)(H4,20,21,23);(H,6,7). The third-order valence-electron chi connectivity index (χ3n) is 4.10. The number of nitrogens with zero attached hydrogens (tertiary/aromatic N) is 1. The molecule has 0 atom stereocenters. The molecule has 0 aliphatic carbocycles. The number of carboxylic acids is 1. The van der Waals surface area contributed by atoms with Crippen molar-refractivity contribution in [1.82, 2.24) is 15.4 Å². The van der Waals surface area contributed by atoms with Gasteiger partial charge in [-0.3, -0.25) is 24.6 Å². The van der Waals surface area contributed by atoms with Crippen LogP contribution in [0.5, 0.6) is 0 Å². The second kappa shape index (κ2) is 13.8. The number of nitrogens with two attached hydrogens (primary N) is 1. The van der Waals surface area contributed by atoms with E-state index in [0.29, 0.717) is 5.69 Å². The number of carbonyl (C=O) groups excluding carboxylic acids is 1. The summed E-state index contributed by atoms with van der Waals surface area (Å²) in [4.78, 5) is 38.3. The second-order valence-corrected chi connectivity index (χ2v) is 9.39. The predicted octanol–water partition coefficient (Wildman–Crippen LogP) is 1.43. The van der Waals surface area contributed by atoms with Gasteiger partial charge in [-0.25, -0.2) is 18.7 Å². The molecule has 0 radical (unpaired) electrons. The summed E-state index contributed by atoms with van der Waals surface area (Å²) in [6, 6.07) is 6.88. The van der Waals surface area contributed by atoms with Crippen LogP contribution in [0.3, 0.4) is 0 Å². The minimum Gasteiger partial charge on any atom is -0.475 e. The average Bonchev–Trinajstić information content (AvgIpc) is 2.79. The highest BCUT2D eigenvalue weighted by Gasteiger charge is 2.38. The third-order valence-corrected chi connectivity index (χ3v) is 6.43. The first-order valence-electron chi connectivity index (χ1n) is 9.93. The van der Waals surface area contributed by atoms with E-state index in [1.807, 2.05) is 0 Å². The number of aryl methyl sites for hydroxylation is 1. The molecule has 1 amide bonds. The van der Waals surface area contributed by atoms with Gasteiger partial charge in [0, 0.05) is 12.2 Å². The number of benzene rings is 1. The molecule has 0 aliphatic rings. The van der Waals surface area contributed by atoms with Crippen LogP contribution in [0.4, 0.5) is 18.9 Å². The topological polar surface area (TPSA) is 206 Å². The summed E-state index contributed by atoms with van der Waals surface area (Å²) in [6.07, 6.45) is -5.08. The number of halogens is 5. The molecule has 7 N–H and O–H groups in total. The summed E-state index contributed by atoms with van der Waals surface area (Å²) in [5.41, 5.74) is 6.61. The number of pyridine rings is 1.